The number of likely N-dealkylation sites (N-methyl/N-ethyl adjacent to an activating group) is 1. The summed E-state index contributed by atoms with van der Waals surface area (Å²) in [6.45, 7) is 9.37. The maximum absolute atomic E-state index is 10.4. The number of aliphatic hydroxyl groups excluding tert-OH is 1. The van der Waals surface area contributed by atoms with E-state index in [0.717, 1.165) is 49.8 Å². The number of benzene rings is 1. The average molecular weight is 292 g/mol. The van der Waals surface area contributed by atoms with Gasteiger partial charge in [-0.1, -0.05) is 13.0 Å². The van der Waals surface area contributed by atoms with Gasteiger partial charge in [-0.05, 0) is 24.2 Å². The van der Waals surface area contributed by atoms with Gasteiger partial charge >= 0.3 is 0 Å². The lowest BCUT2D eigenvalue weighted by Gasteiger charge is -2.35. The molecule has 116 valence electrons. The van der Waals surface area contributed by atoms with E-state index in [1.807, 2.05) is 18.2 Å². The van der Waals surface area contributed by atoms with Gasteiger partial charge in [0, 0.05) is 32.7 Å². The van der Waals surface area contributed by atoms with Crippen LogP contribution in [0.15, 0.2) is 18.2 Å². The minimum atomic E-state index is -0.478. The standard InChI is InChI=1S/C16H24N2O3/c1-2-17-5-7-18(8-6-17)12-14(19)13-3-4-15-16(11-13)21-10-9-20-15/h3-4,11,14,19H,2,5-10,12H2,1H3. The second-order valence-electron chi connectivity index (χ2n) is 5.65. The molecular formula is C16H24N2O3. The maximum atomic E-state index is 10.4. The molecule has 21 heavy (non-hydrogen) atoms. The molecule has 0 bridgehead atoms. The van der Waals surface area contributed by atoms with E-state index in [4.69, 9.17) is 9.47 Å². The number of hydrogen-bond acceptors (Lipinski definition) is 5. The third-order valence-corrected chi connectivity index (χ3v) is 4.29. The Kier molecular flexibility index (Phi) is 4.63. The fourth-order valence-corrected chi connectivity index (χ4v) is 2.91. The highest BCUT2D eigenvalue weighted by Gasteiger charge is 2.20. The smallest absolute Gasteiger partial charge is 0.161 e. The molecule has 0 saturated carbocycles. The summed E-state index contributed by atoms with van der Waals surface area (Å²) in [4.78, 5) is 4.76. The maximum Gasteiger partial charge on any atom is 0.161 e. The fourth-order valence-electron chi connectivity index (χ4n) is 2.91. The highest BCUT2D eigenvalue weighted by molar-refractivity contribution is 5.44. The quantitative estimate of drug-likeness (QED) is 0.901. The summed E-state index contributed by atoms with van der Waals surface area (Å²) in [5.74, 6) is 1.52. The van der Waals surface area contributed by atoms with Gasteiger partial charge in [-0.2, -0.15) is 0 Å². The van der Waals surface area contributed by atoms with Crippen LogP contribution in [0.25, 0.3) is 0 Å². The van der Waals surface area contributed by atoms with E-state index in [1.54, 1.807) is 0 Å². The molecule has 2 aliphatic heterocycles. The molecule has 0 spiro atoms. The van der Waals surface area contributed by atoms with Crippen molar-refractivity contribution in [3.8, 4) is 11.5 Å². The van der Waals surface area contributed by atoms with Crippen molar-refractivity contribution in [1.29, 1.82) is 0 Å². The molecule has 1 atom stereocenters. The third-order valence-electron chi connectivity index (χ3n) is 4.29. The molecule has 0 amide bonds. The molecular weight excluding hydrogens is 268 g/mol. The number of ether oxygens (including phenoxy) is 2. The fraction of sp³-hybridized carbons (Fsp3) is 0.625. The topological polar surface area (TPSA) is 45.2 Å². The van der Waals surface area contributed by atoms with Gasteiger partial charge in [-0.25, -0.2) is 0 Å². The van der Waals surface area contributed by atoms with Crippen molar-refractivity contribution in [2.24, 2.45) is 0 Å². The number of fused-ring (bicyclic) bond motifs is 1. The number of piperazine rings is 1. The third kappa shape index (κ3) is 3.48. The number of rotatable bonds is 4. The van der Waals surface area contributed by atoms with Gasteiger partial charge in [-0.15, -0.1) is 0 Å². The van der Waals surface area contributed by atoms with Crippen LogP contribution in [-0.4, -0.2) is 67.4 Å². The molecule has 1 aromatic rings. The summed E-state index contributed by atoms with van der Waals surface area (Å²) in [7, 11) is 0. The van der Waals surface area contributed by atoms with Gasteiger partial charge in [0.05, 0.1) is 6.10 Å². The van der Waals surface area contributed by atoms with Crippen LogP contribution in [0.5, 0.6) is 11.5 Å². The first-order chi connectivity index (χ1) is 10.3. The van der Waals surface area contributed by atoms with E-state index in [9.17, 15) is 5.11 Å². The molecule has 2 aliphatic rings. The molecule has 0 aromatic heterocycles. The van der Waals surface area contributed by atoms with Gasteiger partial charge < -0.3 is 19.5 Å². The summed E-state index contributed by atoms with van der Waals surface area (Å²) < 4.78 is 11.1. The van der Waals surface area contributed by atoms with Crippen molar-refractivity contribution < 1.29 is 14.6 Å². The van der Waals surface area contributed by atoms with Gasteiger partial charge in [-0.3, -0.25) is 4.90 Å². The lowest BCUT2D eigenvalue weighted by atomic mass is 10.1. The predicted octanol–water partition coefficient (Wildman–Crippen LogP) is 1.13. The zero-order valence-electron chi connectivity index (χ0n) is 12.6. The number of β-amino-alcohol motifs (C(OH)–C–C–N with tert-alkyl or cyclic N) is 1. The van der Waals surface area contributed by atoms with Crippen LogP contribution in [-0.2, 0) is 0 Å². The molecule has 5 heteroatoms. The lowest BCUT2D eigenvalue weighted by molar-refractivity contribution is 0.0740. The summed E-state index contributed by atoms with van der Waals surface area (Å²) >= 11 is 0. The van der Waals surface area contributed by atoms with Crippen LogP contribution < -0.4 is 9.47 Å². The summed E-state index contributed by atoms with van der Waals surface area (Å²) in [5.41, 5.74) is 0.900. The molecule has 0 radical (unpaired) electrons. The Balaban J connectivity index is 1.59. The Bertz CT molecular complexity index is 473. The molecule has 1 N–H and O–H groups in total. The van der Waals surface area contributed by atoms with E-state index in [-0.39, 0.29) is 0 Å². The first-order valence-corrected chi connectivity index (χ1v) is 7.78. The summed E-state index contributed by atoms with van der Waals surface area (Å²) in [6.07, 6.45) is -0.478. The highest BCUT2D eigenvalue weighted by atomic mass is 16.6. The molecule has 3 rings (SSSR count). The average Bonchev–Trinajstić information content (AvgIpc) is 2.55. The van der Waals surface area contributed by atoms with E-state index in [2.05, 4.69) is 16.7 Å². The van der Waals surface area contributed by atoms with Crippen molar-refractivity contribution in [3.05, 3.63) is 23.8 Å². The van der Waals surface area contributed by atoms with Crippen LogP contribution >= 0.6 is 0 Å². The number of hydrogen-bond donors (Lipinski definition) is 1. The largest absolute Gasteiger partial charge is 0.486 e. The first kappa shape index (κ1) is 14.6. The van der Waals surface area contributed by atoms with Crippen molar-refractivity contribution in [3.63, 3.8) is 0 Å². The Hall–Kier alpha value is -1.30. The number of nitrogens with zero attached hydrogens (tertiary/aromatic N) is 2. The van der Waals surface area contributed by atoms with E-state index in [0.29, 0.717) is 19.8 Å². The van der Waals surface area contributed by atoms with E-state index < -0.39 is 6.10 Å². The van der Waals surface area contributed by atoms with Gasteiger partial charge in [0.2, 0.25) is 0 Å². The molecule has 5 nitrogen and oxygen atoms in total. The van der Waals surface area contributed by atoms with Crippen LogP contribution in [0.2, 0.25) is 0 Å². The molecule has 1 saturated heterocycles. The Morgan fingerprint density at radius 3 is 2.43 bits per heavy atom. The van der Waals surface area contributed by atoms with Crippen molar-refractivity contribution in [2.75, 3.05) is 52.5 Å². The molecule has 1 aromatic carbocycles. The molecule has 2 heterocycles. The molecule has 0 aliphatic carbocycles. The minimum Gasteiger partial charge on any atom is -0.486 e. The lowest BCUT2D eigenvalue weighted by Crippen LogP contribution is -2.47. The van der Waals surface area contributed by atoms with Crippen LogP contribution in [0.1, 0.15) is 18.6 Å². The Labute approximate surface area is 126 Å². The first-order valence-electron chi connectivity index (χ1n) is 7.78. The zero-order valence-corrected chi connectivity index (χ0v) is 12.6. The van der Waals surface area contributed by atoms with Crippen LogP contribution in [0, 0.1) is 0 Å². The second kappa shape index (κ2) is 6.64. The van der Waals surface area contributed by atoms with Crippen LogP contribution in [0.4, 0.5) is 0 Å². The van der Waals surface area contributed by atoms with E-state index >= 15 is 0 Å². The van der Waals surface area contributed by atoms with Gasteiger partial charge in [0.1, 0.15) is 13.2 Å². The van der Waals surface area contributed by atoms with E-state index in [1.165, 1.54) is 0 Å². The summed E-state index contributed by atoms with van der Waals surface area (Å²) in [6, 6.07) is 5.73. The van der Waals surface area contributed by atoms with Crippen molar-refractivity contribution >= 4 is 0 Å². The normalized spacial score (nSPS) is 21.2. The molecule has 1 unspecified atom stereocenters. The number of aliphatic hydroxyl groups is 1. The van der Waals surface area contributed by atoms with Crippen molar-refractivity contribution in [1.82, 2.24) is 9.80 Å². The summed E-state index contributed by atoms with van der Waals surface area (Å²) in [5, 5.41) is 10.4. The Morgan fingerprint density at radius 2 is 1.71 bits per heavy atom. The predicted molar refractivity (Wildman–Crippen MR) is 80.9 cm³/mol. The Morgan fingerprint density at radius 1 is 1.05 bits per heavy atom. The highest BCUT2D eigenvalue weighted by Crippen LogP contribution is 2.32. The van der Waals surface area contributed by atoms with Gasteiger partial charge in [0.15, 0.2) is 11.5 Å². The monoisotopic (exact) mass is 292 g/mol. The van der Waals surface area contributed by atoms with Crippen molar-refractivity contribution in [2.45, 2.75) is 13.0 Å². The SMILES string of the molecule is CCN1CCN(CC(O)c2ccc3c(c2)OCCO3)CC1. The molecule has 1 fully saturated rings. The zero-order chi connectivity index (χ0) is 14.7. The second-order valence-corrected chi connectivity index (χ2v) is 5.65. The minimum absolute atomic E-state index is 0.478. The van der Waals surface area contributed by atoms with Gasteiger partial charge in [0.25, 0.3) is 0 Å². The van der Waals surface area contributed by atoms with Crippen LogP contribution in [0.3, 0.4) is 0 Å².